The highest BCUT2D eigenvalue weighted by Crippen LogP contribution is 2.15. The van der Waals surface area contributed by atoms with Crippen molar-refractivity contribution in [1.82, 2.24) is 20.0 Å². The molecular weight excluding hydrogens is 348 g/mol. The van der Waals surface area contributed by atoms with Gasteiger partial charge in [-0.1, -0.05) is 13.8 Å². The van der Waals surface area contributed by atoms with Crippen molar-refractivity contribution in [3.63, 3.8) is 0 Å². The van der Waals surface area contributed by atoms with E-state index in [0.717, 1.165) is 13.1 Å². The van der Waals surface area contributed by atoms with E-state index in [1.165, 1.54) is 6.26 Å². The molecule has 1 aromatic rings. The van der Waals surface area contributed by atoms with Crippen LogP contribution in [0.1, 0.15) is 30.8 Å². The maximum atomic E-state index is 12.7. The number of furan rings is 1. The SMILES string of the molecule is CC(C)CN1CCNC(=O)[C@@H]1CC(=O)N1CCN(C(=O)c2ccco2)CC1. The Morgan fingerprint density at radius 1 is 1.19 bits per heavy atom. The number of piperazine rings is 2. The number of rotatable bonds is 5. The lowest BCUT2D eigenvalue weighted by atomic mass is 10.0. The molecule has 2 aliphatic heterocycles. The molecular formula is C19H28N4O4. The van der Waals surface area contributed by atoms with Crippen LogP contribution in [0, 0.1) is 5.92 Å². The lowest BCUT2D eigenvalue weighted by Crippen LogP contribution is -2.58. The first-order chi connectivity index (χ1) is 13.0. The van der Waals surface area contributed by atoms with Crippen molar-refractivity contribution in [2.24, 2.45) is 5.92 Å². The first kappa shape index (κ1) is 19.4. The zero-order chi connectivity index (χ0) is 19.4. The Labute approximate surface area is 159 Å². The van der Waals surface area contributed by atoms with Gasteiger partial charge in [0, 0.05) is 45.8 Å². The molecule has 3 rings (SSSR count). The molecule has 0 radical (unpaired) electrons. The third-order valence-corrected chi connectivity index (χ3v) is 5.06. The van der Waals surface area contributed by atoms with Gasteiger partial charge in [0.1, 0.15) is 0 Å². The first-order valence-electron chi connectivity index (χ1n) is 9.58. The summed E-state index contributed by atoms with van der Waals surface area (Å²) in [4.78, 5) is 42.9. The summed E-state index contributed by atoms with van der Waals surface area (Å²) in [6, 6.07) is 2.92. The van der Waals surface area contributed by atoms with Gasteiger partial charge in [-0.15, -0.1) is 0 Å². The molecule has 3 heterocycles. The van der Waals surface area contributed by atoms with Crippen molar-refractivity contribution in [2.75, 3.05) is 45.8 Å². The molecule has 0 bridgehead atoms. The van der Waals surface area contributed by atoms with Crippen LogP contribution < -0.4 is 5.32 Å². The fourth-order valence-electron chi connectivity index (χ4n) is 3.68. The second-order valence-corrected chi connectivity index (χ2v) is 7.55. The lowest BCUT2D eigenvalue weighted by molar-refractivity contribution is -0.140. The minimum absolute atomic E-state index is 0.0316. The van der Waals surface area contributed by atoms with Crippen molar-refractivity contribution in [3.8, 4) is 0 Å². The molecule has 1 N–H and O–H groups in total. The Bertz CT molecular complexity index is 665. The normalized spacial score (nSPS) is 21.4. The number of hydrogen-bond donors (Lipinski definition) is 1. The van der Waals surface area contributed by atoms with E-state index in [4.69, 9.17) is 4.42 Å². The van der Waals surface area contributed by atoms with Gasteiger partial charge in [-0.25, -0.2) is 0 Å². The van der Waals surface area contributed by atoms with Crippen LogP contribution in [0.3, 0.4) is 0 Å². The van der Waals surface area contributed by atoms with Gasteiger partial charge in [-0.2, -0.15) is 0 Å². The predicted molar refractivity (Wildman–Crippen MR) is 99.0 cm³/mol. The van der Waals surface area contributed by atoms with Crippen LogP contribution in [0.25, 0.3) is 0 Å². The molecule has 1 atom stereocenters. The van der Waals surface area contributed by atoms with Gasteiger partial charge in [-0.3, -0.25) is 19.3 Å². The highest BCUT2D eigenvalue weighted by Gasteiger charge is 2.34. The van der Waals surface area contributed by atoms with E-state index < -0.39 is 6.04 Å². The number of nitrogens with one attached hydrogen (secondary N) is 1. The Hall–Kier alpha value is -2.35. The van der Waals surface area contributed by atoms with Crippen molar-refractivity contribution in [2.45, 2.75) is 26.3 Å². The summed E-state index contributed by atoms with van der Waals surface area (Å²) in [5, 5.41) is 2.87. The van der Waals surface area contributed by atoms with E-state index in [2.05, 4.69) is 24.1 Å². The van der Waals surface area contributed by atoms with Crippen molar-refractivity contribution in [3.05, 3.63) is 24.2 Å². The highest BCUT2D eigenvalue weighted by molar-refractivity contribution is 5.92. The maximum absolute atomic E-state index is 12.7. The molecule has 0 saturated carbocycles. The minimum Gasteiger partial charge on any atom is -0.459 e. The van der Waals surface area contributed by atoms with E-state index >= 15 is 0 Å². The summed E-state index contributed by atoms with van der Waals surface area (Å²) < 4.78 is 5.16. The number of nitrogens with zero attached hydrogens (tertiary/aromatic N) is 3. The topological polar surface area (TPSA) is 86.1 Å². The smallest absolute Gasteiger partial charge is 0.289 e. The zero-order valence-corrected chi connectivity index (χ0v) is 16.0. The summed E-state index contributed by atoms with van der Waals surface area (Å²) in [5.74, 6) is 0.502. The third-order valence-electron chi connectivity index (χ3n) is 5.06. The lowest BCUT2D eigenvalue weighted by Gasteiger charge is -2.38. The Kier molecular flexibility index (Phi) is 6.15. The number of carbonyl (C=O) groups is 3. The molecule has 0 aromatic carbocycles. The van der Waals surface area contributed by atoms with Gasteiger partial charge in [0.2, 0.25) is 11.8 Å². The summed E-state index contributed by atoms with van der Waals surface area (Å²) in [6.45, 7) is 8.32. The zero-order valence-electron chi connectivity index (χ0n) is 16.0. The van der Waals surface area contributed by atoms with Gasteiger partial charge in [-0.05, 0) is 18.1 Å². The van der Waals surface area contributed by atoms with Crippen LogP contribution in [0.5, 0.6) is 0 Å². The van der Waals surface area contributed by atoms with E-state index in [0.29, 0.717) is 44.4 Å². The second-order valence-electron chi connectivity index (χ2n) is 7.55. The predicted octanol–water partition coefficient (Wildman–Crippen LogP) is 0.411. The number of hydrogen-bond acceptors (Lipinski definition) is 5. The maximum Gasteiger partial charge on any atom is 0.289 e. The molecule has 2 aliphatic rings. The molecule has 27 heavy (non-hydrogen) atoms. The summed E-state index contributed by atoms with van der Waals surface area (Å²) in [5.41, 5.74) is 0. The molecule has 0 aliphatic carbocycles. The minimum atomic E-state index is -0.406. The molecule has 1 aromatic heterocycles. The molecule has 2 fully saturated rings. The Morgan fingerprint density at radius 3 is 2.52 bits per heavy atom. The van der Waals surface area contributed by atoms with Gasteiger partial charge in [0.25, 0.3) is 5.91 Å². The van der Waals surface area contributed by atoms with Crippen molar-refractivity contribution < 1.29 is 18.8 Å². The van der Waals surface area contributed by atoms with Crippen LogP contribution in [0.15, 0.2) is 22.8 Å². The van der Waals surface area contributed by atoms with E-state index in [1.54, 1.807) is 21.9 Å². The Balaban J connectivity index is 1.54. The monoisotopic (exact) mass is 376 g/mol. The summed E-state index contributed by atoms with van der Waals surface area (Å²) >= 11 is 0. The van der Waals surface area contributed by atoms with Crippen LogP contribution in [0.4, 0.5) is 0 Å². The molecule has 8 nitrogen and oxygen atoms in total. The second kappa shape index (κ2) is 8.56. The fraction of sp³-hybridized carbons (Fsp3) is 0.632. The van der Waals surface area contributed by atoms with Gasteiger partial charge in [0.05, 0.1) is 18.7 Å². The quantitative estimate of drug-likeness (QED) is 0.805. The molecule has 3 amide bonds. The largest absolute Gasteiger partial charge is 0.459 e. The standard InChI is InChI=1S/C19H28N4O4/c1-14(2)13-23-6-5-20-18(25)15(23)12-17(24)21-7-9-22(10-8-21)19(26)16-4-3-11-27-16/h3-4,11,14-15H,5-10,12-13H2,1-2H3,(H,20,25)/t15-/m0/s1. The van der Waals surface area contributed by atoms with E-state index in [9.17, 15) is 14.4 Å². The van der Waals surface area contributed by atoms with Gasteiger partial charge >= 0.3 is 0 Å². The molecule has 0 spiro atoms. The summed E-state index contributed by atoms with van der Waals surface area (Å²) in [7, 11) is 0. The Morgan fingerprint density at radius 2 is 1.89 bits per heavy atom. The van der Waals surface area contributed by atoms with Crippen LogP contribution >= 0.6 is 0 Å². The van der Waals surface area contributed by atoms with Gasteiger partial charge < -0.3 is 19.5 Å². The molecule has 2 saturated heterocycles. The molecule has 148 valence electrons. The summed E-state index contributed by atoms with van der Waals surface area (Å²) in [6.07, 6.45) is 1.66. The van der Waals surface area contributed by atoms with Crippen LogP contribution in [-0.4, -0.2) is 84.3 Å². The van der Waals surface area contributed by atoms with Gasteiger partial charge in [0.15, 0.2) is 5.76 Å². The van der Waals surface area contributed by atoms with Crippen molar-refractivity contribution >= 4 is 17.7 Å². The fourth-order valence-corrected chi connectivity index (χ4v) is 3.68. The van der Waals surface area contributed by atoms with Crippen molar-refractivity contribution in [1.29, 1.82) is 0 Å². The average Bonchev–Trinajstić information content (AvgIpc) is 3.18. The third kappa shape index (κ3) is 4.68. The van der Waals surface area contributed by atoms with Crippen LogP contribution in [-0.2, 0) is 9.59 Å². The average molecular weight is 376 g/mol. The van der Waals surface area contributed by atoms with E-state index in [1.807, 2.05) is 0 Å². The van der Waals surface area contributed by atoms with Crippen LogP contribution in [0.2, 0.25) is 0 Å². The first-order valence-corrected chi connectivity index (χ1v) is 9.58. The molecule has 8 heteroatoms. The number of amides is 3. The molecule has 0 unspecified atom stereocenters. The highest BCUT2D eigenvalue weighted by atomic mass is 16.3. The number of carbonyl (C=O) groups excluding carboxylic acids is 3. The van der Waals surface area contributed by atoms with E-state index in [-0.39, 0.29) is 24.1 Å².